The van der Waals surface area contributed by atoms with Crippen LogP contribution in [0.3, 0.4) is 0 Å². The number of unbranched alkanes of at least 4 members (excludes halogenated alkanes) is 1. The van der Waals surface area contributed by atoms with E-state index < -0.39 is 0 Å². The van der Waals surface area contributed by atoms with Crippen molar-refractivity contribution in [2.75, 3.05) is 19.8 Å². The van der Waals surface area contributed by atoms with E-state index in [1.54, 1.807) is 0 Å². The highest BCUT2D eigenvalue weighted by Crippen LogP contribution is 2.23. The zero-order valence-corrected chi connectivity index (χ0v) is 19.7. The fourth-order valence-corrected chi connectivity index (χ4v) is 3.79. The van der Waals surface area contributed by atoms with Crippen LogP contribution in [-0.4, -0.2) is 19.8 Å². The Morgan fingerprint density at radius 2 is 1.32 bits per heavy atom. The largest absolute Gasteiger partial charge is 0.381 e. The lowest BCUT2D eigenvalue weighted by molar-refractivity contribution is 0.117. The molecule has 28 heavy (non-hydrogen) atoms. The first-order valence-electron chi connectivity index (χ1n) is 12.1. The lowest BCUT2D eigenvalue weighted by Crippen LogP contribution is -2.08. The van der Waals surface area contributed by atoms with Gasteiger partial charge < -0.3 is 4.74 Å². The van der Waals surface area contributed by atoms with E-state index in [9.17, 15) is 0 Å². The van der Waals surface area contributed by atoms with E-state index in [1.807, 2.05) is 0 Å². The Balaban J connectivity index is 3.92. The van der Waals surface area contributed by atoms with E-state index in [0.29, 0.717) is 12.5 Å². The Hall–Kier alpha value is -0.730. The second kappa shape index (κ2) is 19.6. The predicted octanol–water partition coefficient (Wildman–Crippen LogP) is 8.56. The van der Waals surface area contributed by atoms with Crippen molar-refractivity contribution in [1.82, 2.24) is 0 Å². The summed E-state index contributed by atoms with van der Waals surface area (Å²) in [7, 11) is 0. The summed E-state index contributed by atoms with van der Waals surface area (Å²) in [5.41, 5.74) is 8.69. The molecule has 0 aromatic carbocycles. The molecule has 0 bridgehead atoms. The van der Waals surface area contributed by atoms with Crippen LogP contribution >= 0.6 is 0 Å². The molecule has 0 aliphatic carbocycles. The summed E-state index contributed by atoms with van der Waals surface area (Å²) < 4.78 is 5.69. The highest BCUT2D eigenvalue weighted by molar-refractivity contribution is 4.66. The summed E-state index contributed by atoms with van der Waals surface area (Å²) in [6.45, 7) is 14.0. The molecule has 0 rings (SSSR count). The highest BCUT2D eigenvalue weighted by atomic mass is 16.5. The topological polar surface area (TPSA) is 58.0 Å². The van der Waals surface area contributed by atoms with Gasteiger partial charge in [0.2, 0.25) is 0 Å². The third-order valence-corrected chi connectivity index (χ3v) is 5.90. The Labute approximate surface area is 175 Å². The third-order valence-electron chi connectivity index (χ3n) is 5.90. The average molecular weight is 396 g/mol. The number of hydrogen-bond acceptors (Lipinski definition) is 2. The summed E-state index contributed by atoms with van der Waals surface area (Å²) in [5, 5.41) is 3.88. The molecule has 0 aliphatic heterocycles. The van der Waals surface area contributed by atoms with Crippen molar-refractivity contribution in [2.45, 2.75) is 112 Å². The van der Waals surface area contributed by atoms with Crippen LogP contribution in [0.1, 0.15) is 112 Å². The molecule has 4 nitrogen and oxygen atoms in total. The smallest absolute Gasteiger partial charge is 0.0468 e. The van der Waals surface area contributed by atoms with Crippen molar-refractivity contribution in [2.24, 2.45) is 28.8 Å². The molecular weight excluding hydrogens is 346 g/mol. The van der Waals surface area contributed by atoms with Crippen LogP contribution in [0.25, 0.3) is 10.4 Å². The number of nitrogens with zero attached hydrogens (tertiary/aromatic N) is 3. The molecule has 0 saturated heterocycles. The zero-order valence-electron chi connectivity index (χ0n) is 19.7. The maximum absolute atomic E-state index is 8.69. The van der Waals surface area contributed by atoms with Gasteiger partial charge in [-0.2, -0.15) is 0 Å². The predicted molar refractivity (Wildman–Crippen MR) is 123 cm³/mol. The van der Waals surface area contributed by atoms with Crippen LogP contribution in [0.5, 0.6) is 0 Å². The first-order chi connectivity index (χ1) is 13.5. The minimum Gasteiger partial charge on any atom is -0.381 e. The molecule has 0 spiro atoms. The fraction of sp³-hybridized carbons (Fsp3) is 1.00. The monoisotopic (exact) mass is 395 g/mol. The molecule has 0 fully saturated rings. The molecule has 0 heterocycles. The number of rotatable bonds is 20. The standard InChI is InChI=1S/C24H49N3O/c1-6-7-18-28-19-17-23(5)14-10-16-24(20-26-27-25)15-9-13-22(4)12-8-11-21(2)3/h21-24H,6-20H2,1-5H3. The Morgan fingerprint density at radius 1 is 0.750 bits per heavy atom. The van der Waals surface area contributed by atoms with Gasteiger partial charge in [0.25, 0.3) is 0 Å². The molecule has 0 radical (unpaired) electrons. The second-order valence-electron chi connectivity index (χ2n) is 9.43. The lowest BCUT2D eigenvalue weighted by atomic mass is 9.90. The van der Waals surface area contributed by atoms with E-state index in [2.05, 4.69) is 44.6 Å². The van der Waals surface area contributed by atoms with Crippen molar-refractivity contribution < 1.29 is 4.74 Å². The van der Waals surface area contributed by atoms with Crippen LogP contribution in [0.2, 0.25) is 0 Å². The summed E-state index contributed by atoms with van der Waals surface area (Å²) in [5.74, 6) is 2.94. The van der Waals surface area contributed by atoms with E-state index in [0.717, 1.165) is 31.0 Å². The van der Waals surface area contributed by atoms with E-state index >= 15 is 0 Å². The Bertz CT molecular complexity index is 380. The first kappa shape index (κ1) is 27.3. The van der Waals surface area contributed by atoms with Gasteiger partial charge >= 0.3 is 0 Å². The number of azide groups is 1. The molecule has 0 saturated carbocycles. The Kier molecular flexibility index (Phi) is 19.1. The molecule has 3 unspecified atom stereocenters. The third kappa shape index (κ3) is 18.6. The quantitative estimate of drug-likeness (QED) is 0.0881. The van der Waals surface area contributed by atoms with Gasteiger partial charge in [-0.25, -0.2) is 0 Å². The van der Waals surface area contributed by atoms with Crippen LogP contribution in [0.15, 0.2) is 5.11 Å². The molecule has 0 aliphatic rings. The van der Waals surface area contributed by atoms with Gasteiger partial charge in [0, 0.05) is 24.7 Å². The molecule has 0 aromatic rings. The molecule has 0 aromatic heterocycles. The fourth-order valence-electron chi connectivity index (χ4n) is 3.79. The van der Waals surface area contributed by atoms with E-state index in [4.69, 9.17) is 10.3 Å². The molecule has 0 amide bonds. The van der Waals surface area contributed by atoms with Crippen LogP contribution in [-0.2, 0) is 4.74 Å². The van der Waals surface area contributed by atoms with E-state index in [-0.39, 0.29) is 0 Å². The maximum atomic E-state index is 8.69. The van der Waals surface area contributed by atoms with Crippen molar-refractivity contribution >= 4 is 0 Å². The van der Waals surface area contributed by atoms with Gasteiger partial charge in [0.05, 0.1) is 0 Å². The van der Waals surface area contributed by atoms with Gasteiger partial charge in [-0.05, 0) is 42.0 Å². The van der Waals surface area contributed by atoms with Gasteiger partial charge in [-0.15, -0.1) is 0 Å². The van der Waals surface area contributed by atoms with Gasteiger partial charge in [-0.3, -0.25) is 0 Å². The number of ether oxygens (including phenoxy) is 1. The lowest BCUT2D eigenvalue weighted by Gasteiger charge is -2.18. The summed E-state index contributed by atoms with van der Waals surface area (Å²) in [4.78, 5) is 2.99. The maximum Gasteiger partial charge on any atom is 0.0468 e. The summed E-state index contributed by atoms with van der Waals surface area (Å²) >= 11 is 0. The molecular formula is C24H49N3O. The molecule has 0 N–H and O–H groups in total. The van der Waals surface area contributed by atoms with Crippen molar-refractivity contribution in [3.05, 3.63) is 10.4 Å². The van der Waals surface area contributed by atoms with Crippen LogP contribution in [0.4, 0.5) is 0 Å². The average Bonchev–Trinajstić information content (AvgIpc) is 2.65. The SMILES string of the molecule is CCCCOCCC(C)CCCC(CCCC(C)CCCC(C)C)CN=[N+]=[N-]. The van der Waals surface area contributed by atoms with Gasteiger partial charge in [0.1, 0.15) is 0 Å². The molecule has 3 atom stereocenters. The highest BCUT2D eigenvalue weighted by Gasteiger charge is 2.11. The van der Waals surface area contributed by atoms with Gasteiger partial charge in [0.15, 0.2) is 0 Å². The van der Waals surface area contributed by atoms with Crippen molar-refractivity contribution in [1.29, 1.82) is 0 Å². The van der Waals surface area contributed by atoms with Crippen LogP contribution < -0.4 is 0 Å². The van der Waals surface area contributed by atoms with E-state index in [1.165, 1.54) is 77.0 Å². The van der Waals surface area contributed by atoms with Crippen molar-refractivity contribution in [3.8, 4) is 0 Å². The van der Waals surface area contributed by atoms with Gasteiger partial charge in [-0.1, -0.05) is 104 Å². The zero-order chi connectivity index (χ0) is 21.0. The van der Waals surface area contributed by atoms with Crippen LogP contribution in [0, 0.1) is 23.7 Å². The molecule has 4 heteroatoms. The minimum atomic E-state index is 0.562. The molecule has 166 valence electrons. The second-order valence-corrected chi connectivity index (χ2v) is 9.43. The first-order valence-corrected chi connectivity index (χ1v) is 12.1. The normalized spacial score (nSPS) is 14.6. The van der Waals surface area contributed by atoms with Crippen molar-refractivity contribution in [3.63, 3.8) is 0 Å². The summed E-state index contributed by atoms with van der Waals surface area (Å²) in [6.07, 6.45) is 15.1. The summed E-state index contributed by atoms with van der Waals surface area (Å²) in [6, 6.07) is 0. The minimum absolute atomic E-state index is 0.562. The Morgan fingerprint density at radius 3 is 1.86 bits per heavy atom. The number of hydrogen-bond donors (Lipinski definition) is 0.